The van der Waals surface area contributed by atoms with Crippen LogP contribution in [0.1, 0.15) is 45.4 Å². The lowest BCUT2D eigenvalue weighted by Gasteiger charge is -2.25. The van der Waals surface area contributed by atoms with Crippen LogP contribution in [0.25, 0.3) is 0 Å². The van der Waals surface area contributed by atoms with Gasteiger partial charge >= 0.3 is 0 Å². The topological polar surface area (TPSA) is 62.3 Å². The van der Waals surface area contributed by atoms with Crippen molar-refractivity contribution in [3.8, 4) is 0 Å². The first-order valence-corrected chi connectivity index (χ1v) is 9.70. The molecule has 1 aliphatic heterocycles. The molecule has 5 nitrogen and oxygen atoms in total. The number of rotatable bonds is 6. The van der Waals surface area contributed by atoms with Crippen molar-refractivity contribution < 1.29 is 8.42 Å². The van der Waals surface area contributed by atoms with E-state index in [1.165, 1.54) is 25.5 Å². The first-order chi connectivity index (χ1) is 10.6. The molecule has 1 saturated carbocycles. The molecule has 0 spiro atoms. The predicted molar refractivity (Wildman–Crippen MR) is 87.3 cm³/mol. The molecule has 3 rings (SSSR count). The molecule has 0 radical (unpaired) electrons. The zero-order valence-corrected chi connectivity index (χ0v) is 14.0. The molecule has 0 aromatic carbocycles. The van der Waals surface area contributed by atoms with E-state index < -0.39 is 10.0 Å². The molecule has 1 aromatic heterocycles. The summed E-state index contributed by atoms with van der Waals surface area (Å²) in [5.74, 6) is 0.761. The Kier molecular flexibility index (Phi) is 4.41. The number of hydrogen-bond donors (Lipinski definition) is 1. The van der Waals surface area contributed by atoms with E-state index in [0.29, 0.717) is 23.4 Å². The molecule has 22 heavy (non-hydrogen) atoms. The second kappa shape index (κ2) is 6.16. The Morgan fingerprint density at radius 3 is 2.50 bits per heavy atom. The van der Waals surface area contributed by atoms with E-state index in [4.69, 9.17) is 0 Å². The van der Waals surface area contributed by atoms with Crippen LogP contribution in [-0.4, -0.2) is 37.3 Å². The van der Waals surface area contributed by atoms with Gasteiger partial charge in [-0.3, -0.25) is 0 Å². The fraction of sp³-hybridized carbons (Fsp3) is 0.688. The fourth-order valence-corrected chi connectivity index (χ4v) is 4.46. The van der Waals surface area contributed by atoms with Crippen molar-refractivity contribution in [3.05, 3.63) is 18.3 Å². The number of piperidine rings is 1. The van der Waals surface area contributed by atoms with Crippen LogP contribution in [0.5, 0.6) is 0 Å². The molecule has 1 N–H and O–H groups in total. The Balaban J connectivity index is 1.65. The summed E-state index contributed by atoms with van der Waals surface area (Å²) in [6.45, 7) is 4.40. The first-order valence-electron chi connectivity index (χ1n) is 8.26. The van der Waals surface area contributed by atoms with Gasteiger partial charge in [-0.2, -0.15) is 4.31 Å². The van der Waals surface area contributed by atoms with Gasteiger partial charge in [-0.05, 0) is 49.7 Å². The number of nitrogens with one attached hydrogen (secondary N) is 1. The third-order valence-electron chi connectivity index (χ3n) is 5.04. The Labute approximate surface area is 133 Å². The quantitative estimate of drug-likeness (QED) is 0.874. The standard InChI is InChI=1S/C16H25N3O2S/c1-2-16(8-9-16)13-18-15-7-6-14(12-17-15)22(20,21)19-10-4-3-5-11-19/h6-7,12H,2-5,8-11,13H2,1H3,(H,17,18). The molecular weight excluding hydrogens is 298 g/mol. The van der Waals surface area contributed by atoms with Crippen LogP contribution in [0.4, 0.5) is 5.82 Å². The summed E-state index contributed by atoms with van der Waals surface area (Å²) in [6, 6.07) is 3.45. The maximum Gasteiger partial charge on any atom is 0.244 e. The van der Waals surface area contributed by atoms with Gasteiger partial charge in [0.05, 0.1) is 0 Å². The summed E-state index contributed by atoms with van der Waals surface area (Å²) in [7, 11) is -3.37. The Bertz CT molecular complexity index is 603. The molecule has 1 saturated heterocycles. The average molecular weight is 323 g/mol. The number of aromatic nitrogens is 1. The van der Waals surface area contributed by atoms with Crippen molar-refractivity contribution in [2.75, 3.05) is 25.0 Å². The molecule has 0 amide bonds. The highest BCUT2D eigenvalue weighted by Crippen LogP contribution is 2.48. The molecule has 2 aliphatic rings. The number of anilines is 1. The van der Waals surface area contributed by atoms with E-state index in [1.54, 1.807) is 16.4 Å². The molecular formula is C16H25N3O2S. The van der Waals surface area contributed by atoms with Crippen molar-refractivity contribution in [2.24, 2.45) is 5.41 Å². The largest absolute Gasteiger partial charge is 0.370 e. The van der Waals surface area contributed by atoms with Crippen molar-refractivity contribution in [1.29, 1.82) is 0 Å². The normalized spacial score (nSPS) is 21.5. The van der Waals surface area contributed by atoms with Gasteiger partial charge in [0, 0.05) is 25.8 Å². The molecule has 1 aliphatic carbocycles. The van der Waals surface area contributed by atoms with E-state index in [1.807, 2.05) is 0 Å². The third-order valence-corrected chi connectivity index (χ3v) is 6.92. The minimum atomic E-state index is -3.37. The number of pyridine rings is 1. The Morgan fingerprint density at radius 1 is 1.23 bits per heavy atom. The van der Waals surface area contributed by atoms with E-state index in [0.717, 1.165) is 31.6 Å². The summed E-state index contributed by atoms with van der Waals surface area (Å²) >= 11 is 0. The Morgan fingerprint density at radius 2 is 1.95 bits per heavy atom. The van der Waals surface area contributed by atoms with Crippen LogP contribution in [-0.2, 0) is 10.0 Å². The van der Waals surface area contributed by atoms with Gasteiger partial charge in [0.15, 0.2) is 0 Å². The van der Waals surface area contributed by atoms with Gasteiger partial charge in [-0.25, -0.2) is 13.4 Å². The summed E-state index contributed by atoms with van der Waals surface area (Å²) in [5.41, 5.74) is 0.445. The second-order valence-electron chi connectivity index (χ2n) is 6.55. The first kappa shape index (κ1) is 15.7. The number of nitrogens with zero attached hydrogens (tertiary/aromatic N) is 2. The molecule has 0 atom stereocenters. The maximum absolute atomic E-state index is 12.5. The Hall–Kier alpha value is -1.14. The van der Waals surface area contributed by atoms with Gasteiger partial charge < -0.3 is 5.32 Å². The predicted octanol–water partition coefficient (Wildman–Crippen LogP) is 2.86. The van der Waals surface area contributed by atoms with Crippen LogP contribution in [0.2, 0.25) is 0 Å². The van der Waals surface area contributed by atoms with E-state index in [2.05, 4.69) is 17.2 Å². The lowest BCUT2D eigenvalue weighted by atomic mass is 10.0. The van der Waals surface area contributed by atoms with Gasteiger partial charge in [0.1, 0.15) is 10.7 Å². The second-order valence-corrected chi connectivity index (χ2v) is 8.49. The van der Waals surface area contributed by atoms with Crippen molar-refractivity contribution in [3.63, 3.8) is 0 Å². The third kappa shape index (κ3) is 3.27. The highest BCUT2D eigenvalue weighted by molar-refractivity contribution is 7.89. The van der Waals surface area contributed by atoms with Crippen molar-refractivity contribution in [2.45, 2.75) is 50.3 Å². The zero-order valence-electron chi connectivity index (χ0n) is 13.2. The minimum absolute atomic E-state index is 0.302. The minimum Gasteiger partial charge on any atom is -0.370 e. The van der Waals surface area contributed by atoms with Gasteiger partial charge in [0.25, 0.3) is 0 Å². The zero-order chi connectivity index (χ0) is 15.6. The molecule has 0 unspecified atom stereocenters. The smallest absolute Gasteiger partial charge is 0.244 e. The molecule has 2 heterocycles. The summed E-state index contributed by atoms with van der Waals surface area (Å²) < 4.78 is 26.7. The van der Waals surface area contributed by atoms with Gasteiger partial charge in [-0.15, -0.1) is 0 Å². The van der Waals surface area contributed by atoms with Crippen LogP contribution in [0.15, 0.2) is 23.2 Å². The average Bonchev–Trinajstić information content (AvgIpc) is 3.35. The summed E-state index contributed by atoms with van der Waals surface area (Å²) in [5, 5.41) is 3.34. The lowest BCUT2D eigenvalue weighted by molar-refractivity contribution is 0.346. The highest BCUT2D eigenvalue weighted by Gasteiger charge is 2.40. The maximum atomic E-state index is 12.5. The van der Waals surface area contributed by atoms with Crippen LogP contribution < -0.4 is 5.32 Å². The van der Waals surface area contributed by atoms with Crippen molar-refractivity contribution >= 4 is 15.8 Å². The molecule has 122 valence electrons. The summed E-state index contributed by atoms with van der Waals surface area (Å²) in [4.78, 5) is 4.59. The molecule has 1 aromatic rings. The molecule has 2 fully saturated rings. The lowest BCUT2D eigenvalue weighted by Crippen LogP contribution is -2.35. The van der Waals surface area contributed by atoms with E-state index >= 15 is 0 Å². The number of sulfonamides is 1. The SMILES string of the molecule is CCC1(CNc2ccc(S(=O)(=O)N3CCCCC3)cn2)CC1. The highest BCUT2D eigenvalue weighted by atomic mass is 32.2. The van der Waals surface area contributed by atoms with E-state index in [-0.39, 0.29) is 0 Å². The molecule has 0 bridgehead atoms. The van der Waals surface area contributed by atoms with Crippen LogP contribution in [0, 0.1) is 5.41 Å². The van der Waals surface area contributed by atoms with Gasteiger partial charge in [0.2, 0.25) is 10.0 Å². The van der Waals surface area contributed by atoms with Gasteiger partial charge in [-0.1, -0.05) is 13.3 Å². The van der Waals surface area contributed by atoms with Crippen molar-refractivity contribution in [1.82, 2.24) is 9.29 Å². The van der Waals surface area contributed by atoms with Crippen LogP contribution >= 0.6 is 0 Å². The van der Waals surface area contributed by atoms with E-state index in [9.17, 15) is 8.42 Å². The summed E-state index contributed by atoms with van der Waals surface area (Å²) in [6.07, 6.45) is 8.23. The molecule has 6 heteroatoms. The number of hydrogen-bond acceptors (Lipinski definition) is 4. The van der Waals surface area contributed by atoms with Crippen LogP contribution in [0.3, 0.4) is 0 Å². The monoisotopic (exact) mass is 323 g/mol. The fourth-order valence-electron chi connectivity index (χ4n) is 3.00.